The zero-order chi connectivity index (χ0) is 15.5. The van der Waals surface area contributed by atoms with Gasteiger partial charge in [-0.05, 0) is 42.8 Å². The van der Waals surface area contributed by atoms with Gasteiger partial charge in [-0.3, -0.25) is 4.79 Å². The minimum Gasteiger partial charge on any atom is -0.399 e. The minimum atomic E-state index is -0.102. The molecule has 3 rings (SSSR count). The van der Waals surface area contributed by atoms with Gasteiger partial charge in [-0.2, -0.15) is 0 Å². The molecule has 0 fully saturated rings. The van der Waals surface area contributed by atoms with E-state index in [1.54, 1.807) is 0 Å². The number of carbonyl (C=O) groups is 1. The quantitative estimate of drug-likeness (QED) is 0.717. The maximum Gasteiger partial charge on any atom is 0.272 e. The molecule has 1 heterocycles. The van der Waals surface area contributed by atoms with Crippen LogP contribution in [0.15, 0.2) is 54.6 Å². The molecule has 0 radical (unpaired) electrons. The number of fused-ring (bicyclic) bond motifs is 1. The molecule has 3 aromatic rings. The Morgan fingerprint density at radius 3 is 2.64 bits per heavy atom. The highest BCUT2D eigenvalue weighted by Gasteiger charge is 2.15. The molecular formula is C18H19N3O. The van der Waals surface area contributed by atoms with Gasteiger partial charge in [-0.1, -0.05) is 25.1 Å². The number of amides is 1. The predicted octanol–water partition coefficient (Wildman–Crippen LogP) is 3.89. The first-order valence-electron chi connectivity index (χ1n) is 7.44. The maximum absolute atomic E-state index is 12.6. The first-order chi connectivity index (χ1) is 10.7. The monoisotopic (exact) mass is 293 g/mol. The summed E-state index contributed by atoms with van der Waals surface area (Å²) >= 11 is 0. The number of aryl methyl sites for hydroxylation is 1. The molecule has 4 heteroatoms. The number of nitrogens with one attached hydrogen (secondary N) is 1. The number of anilines is 2. The smallest absolute Gasteiger partial charge is 0.272 e. The number of nitrogens with zero attached hydrogens (tertiary/aromatic N) is 1. The third-order valence-corrected chi connectivity index (χ3v) is 3.64. The van der Waals surface area contributed by atoms with Gasteiger partial charge in [0.25, 0.3) is 5.91 Å². The Morgan fingerprint density at radius 2 is 1.91 bits per heavy atom. The predicted molar refractivity (Wildman–Crippen MR) is 91.0 cm³/mol. The van der Waals surface area contributed by atoms with E-state index in [-0.39, 0.29) is 5.91 Å². The highest BCUT2D eigenvalue weighted by atomic mass is 16.1. The molecule has 0 saturated heterocycles. The van der Waals surface area contributed by atoms with Crippen molar-refractivity contribution >= 4 is 28.2 Å². The fraction of sp³-hybridized carbons (Fsp3) is 0.167. The van der Waals surface area contributed by atoms with E-state index in [1.807, 2.05) is 59.2 Å². The van der Waals surface area contributed by atoms with Crippen molar-refractivity contribution in [2.45, 2.75) is 19.9 Å². The lowest BCUT2D eigenvalue weighted by Gasteiger charge is -2.10. The van der Waals surface area contributed by atoms with E-state index in [0.29, 0.717) is 11.4 Å². The van der Waals surface area contributed by atoms with Crippen LogP contribution in [0.2, 0.25) is 0 Å². The van der Waals surface area contributed by atoms with Gasteiger partial charge in [0.05, 0.1) is 0 Å². The van der Waals surface area contributed by atoms with E-state index in [4.69, 9.17) is 5.73 Å². The third-order valence-electron chi connectivity index (χ3n) is 3.64. The summed E-state index contributed by atoms with van der Waals surface area (Å²) in [5.41, 5.74) is 9.04. The van der Waals surface area contributed by atoms with E-state index < -0.39 is 0 Å². The SMILES string of the molecule is CCCn1c(C(=O)Nc2ccccc2)cc2cc(N)ccc21. The summed E-state index contributed by atoms with van der Waals surface area (Å²) in [5, 5.41) is 3.93. The van der Waals surface area contributed by atoms with Crippen LogP contribution in [0.5, 0.6) is 0 Å². The molecule has 0 aliphatic rings. The van der Waals surface area contributed by atoms with Crippen molar-refractivity contribution in [2.24, 2.45) is 0 Å². The summed E-state index contributed by atoms with van der Waals surface area (Å²) in [4.78, 5) is 12.6. The zero-order valence-corrected chi connectivity index (χ0v) is 12.5. The van der Waals surface area contributed by atoms with Gasteiger partial charge in [-0.25, -0.2) is 0 Å². The highest BCUT2D eigenvalue weighted by molar-refractivity contribution is 6.06. The number of benzene rings is 2. The fourth-order valence-corrected chi connectivity index (χ4v) is 2.66. The molecule has 0 aliphatic carbocycles. The van der Waals surface area contributed by atoms with Crippen LogP contribution in [-0.2, 0) is 6.54 Å². The molecule has 0 spiro atoms. The van der Waals surface area contributed by atoms with Crippen molar-refractivity contribution in [1.82, 2.24) is 4.57 Å². The molecule has 22 heavy (non-hydrogen) atoms. The van der Waals surface area contributed by atoms with Crippen LogP contribution in [0.4, 0.5) is 11.4 Å². The molecule has 0 atom stereocenters. The average Bonchev–Trinajstić information content (AvgIpc) is 2.87. The minimum absolute atomic E-state index is 0.102. The number of hydrogen-bond acceptors (Lipinski definition) is 2. The second-order valence-electron chi connectivity index (χ2n) is 5.32. The van der Waals surface area contributed by atoms with E-state index in [2.05, 4.69) is 12.2 Å². The van der Waals surface area contributed by atoms with Crippen molar-refractivity contribution < 1.29 is 4.79 Å². The van der Waals surface area contributed by atoms with Crippen molar-refractivity contribution in [3.05, 3.63) is 60.3 Å². The van der Waals surface area contributed by atoms with Crippen LogP contribution in [0, 0.1) is 0 Å². The van der Waals surface area contributed by atoms with E-state index >= 15 is 0 Å². The lowest BCUT2D eigenvalue weighted by molar-refractivity contribution is 0.101. The van der Waals surface area contributed by atoms with Crippen LogP contribution in [0.3, 0.4) is 0 Å². The Morgan fingerprint density at radius 1 is 1.14 bits per heavy atom. The van der Waals surface area contributed by atoms with Crippen LogP contribution >= 0.6 is 0 Å². The van der Waals surface area contributed by atoms with Gasteiger partial charge in [0.15, 0.2) is 0 Å². The van der Waals surface area contributed by atoms with Crippen molar-refractivity contribution in [3.8, 4) is 0 Å². The number of nitrogens with two attached hydrogens (primary N) is 1. The van der Waals surface area contributed by atoms with Gasteiger partial charge in [0, 0.05) is 28.8 Å². The normalized spacial score (nSPS) is 10.8. The summed E-state index contributed by atoms with van der Waals surface area (Å²) in [6.07, 6.45) is 0.958. The number of hydrogen-bond donors (Lipinski definition) is 2. The number of para-hydroxylation sites is 1. The Kier molecular flexibility index (Phi) is 3.83. The zero-order valence-electron chi connectivity index (χ0n) is 12.5. The Labute approximate surface area is 129 Å². The molecule has 0 aliphatic heterocycles. The summed E-state index contributed by atoms with van der Waals surface area (Å²) < 4.78 is 2.05. The molecule has 3 N–H and O–H groups in total. The first kappa shape index (κ1) is 14.2. The van der Waals surface area contributed by atoms with Crippen LogP contribution in [0.1, 0.15) is 23.8 Å². The number of rotatable bonds is 4. The molecular weight excluding hydrogens is 274 g/mol. The largest absolute Gasteiger partial charge is 0.399 e. The summed E-state index contributed by atoms with van der Waals surface area (Å²) in [6, 6.07) is 17.1. The van der Waals surface area contributed by atoms with E-state index in [9.17, 15) is 4.79 Å². The highest BCUT2D eigenvalue weighted by Crippen LogP contribution is 2.23. The van der Waals surface area contributed by atoms with Gasteiger partial charge in [0.1, 0.15) is 5.69 Å². The molecule has 0 bridgehead atoms. The molecule has 1 aromatic heterocycles. The Hall–Kier alpha value is -2.75. The second-order valence-corrected chi connectivity index (χ2v) is 5.32. The Bertz CT molecular complexity index is 806. The fourth-order valence-electron chi connectivity index (χ4n) is 2.66. The summed E-state index contributed by atoms with van der Waals surface area (Å²) in [7, 11) is 0. The van der Waals surface area contributed by atoms with E-state index in [1.165, 1.54) is 0 Å². The molecule has 1 amide bonds. The number of nitrogen functional groups attached to an aromatic ring is 1. The first-order valence-corrected chi connectivity index (χ1v) is 7.44. The van der Waals surface area contributed by atoms with E-state index in [0.717, 1.165) is 29.6 Å². The van der Waals surface area contributed by atoms with Gasteiger partial charge >= 0.3 is 0 Å². The lowest BCUT2D eigenvalue weighted by atomic mass is 10.2. The molecule has 2 aromatic carbocycles. The van der Waals surface area contributed by atoms with Crippen molar-refractivity contribution in [1.29, 1.82) is 0 Å². The molecule has 4 nitrogen and oxygen atoms in total. The average molecular weight is 293 g/mol. The third kappa shape index (κ3) is 2.68. The number of carbonyl (C=O) groups excluding carboxylic acids is 1. The molecule has 0 unspecified atom stereocenters. The van der Waals surface area contributed by atoms with Gasteiger partial charge in [0.2, 0.25) is 0 Å². The van der Waals surface area contributed by atoms with Crippen LogP contribution < -0.4 is 11.1 Å². The molecule has 0 saturated carbocycles. The second kappa shape index (κ2) is 5.93. The number of aromatic nitrogens is 1. The van der Waals surface area contributed by atoms with Crippen molar-refractivity contribution in [2.75, 3.05) is 11.1 Å². The topological polar surface area (TPSA) is 60.0 Å². The van der Waals surface area contributed by atoms with Crippen LogP contribution in [-0.4, -0.2) is 10.5 Å². The Balaban J connectivity index is 2.01. The lowest BCUT2D eigenvalue weighted by Crippen LogP contribution is -2.17. The van der Waals surface area contributed by atoms with Crippen LogP contribution in [0.25, 0.3) is 10.9 Å². The van der Waals surface area contributed by atoms with Gasteiger partial charge < -0.3 is 15.6 Å². The summed E-state index contributed by atoms with van der Waals surface area (Å²) in [6.45, 7) is 2.90. The van der Waals surface area contributed by atoms with Crippen molar-refractivity contribution in [3.63, 3.8) is 0 Å². The summed E-state index contributed by atoms with van der Waals surface area (Å²) in [5.74, 6) is -0.102. The maximum atomic E-state index is 12.6. The van der Waals surface area contributed by atoms with Gasteiger partial charge in [-0.15, -0.1) is 0 Å². The standard InChI is InChI=1S/C18H19N3O/c1-2-10-21-16-9-8-14(19)11-13(16)12-17(21)18(22)20-15-6-4-3-5-7-15/h3-9,11-12H,2,10,19H2,1H3,(H,20,22). The molecule has 112 valence electrons.